The molecule has 1 unspecified atom stereocenters. The van der Waals surface area contributed by atoms with E-state index in [0.29, 0.717) is 42.7 Å². The molecule has 5 aliphatic rings. The lowest BCUT2D eigenvalue weighted by molar-refractivity contribution is -0.138. The van der Waals surface area contributed by atoms with Crippen LogP contribution in [0, 0.1) is 28.9 Å². The number of aryl methyl sites for hydroxylation is 1. The molecule has 5 amide bonds. The largest absolute Gasteiger partial charge is 0.488 e. The number of carbonyl (C=O) groups excluding carboxylic acids is 4. The second-order valence-electron chi connectivity index (χ2n) is 22.3. The van der Waals surface area contributed by atoms with Crippen molar-refractivity contribution in [2.24, 2.45) is 30.0 Å². The molecule has 4 fully saturated rings. The third kappa shape index (κ3) is 10.2. The minimum Gasteiger partial charge on any atom is -0.488 e. The van der Waals surface area contributed by atoms with Crippen LogP contribution >= 0.6 is 11.6 Å². The molecule has 1 saturated carbocycles. The highest BCUT2D eigenvalue weighted by atomic mass is 35.5. The van der Waals surface area contributed by atoms with Crippen molar-refractivity contribution in [3.8, 4) is 22.6 Å². The number of primary amides is 1. The Labute approximate surface area is 447 Å². The molecule has 15 nitrogen and oxygen atoms in total. The van der Waals surface area contributed by atoms with E-state index in [1.807, 2.05) is 49.0 Å². The molecule has 18 heteroatoms. The maximum Gasteiger partial charge on any atom is 0.329 e. The number of benzene rings is 4. The molecule has 5 N–H and O–H groups in total. The van der Waals surface area contributed by atoms with Gasteiger partial charge >= 0.3 is 6.03 Å². The number of aromatic nitrogens is 2. The summed E-state index contributed by atoms with van der Waals surface area (Å²) in [6.45, 7) is 11.5. The van der Waals surface area contributed by atoms with E-state index >= 15 is 8.78 Å². The van der Waals surface area contributed by atoms with E-state index in [0.717, 1.165) is 94.1 Å². The van der Waals surface area contributed by atoms with Gasteiger partial charge in [0.05, 0.1) is 22.7 Å². The SMILES string of the molecule is C[C@H]1c2c(cc(F)c(Cl)c2-c2c(C(N)=O)ccc(OCCO)c2F)O[C@]1(CCNC1CCC(C(=O)N2CCC(CN3CCC(c4ccc5c(N6CCC(=O)NC6=O)nn(C)c5c4)C(C)(C)C3)CC2)CC1)c1ccccc1. The standard InChI is InChI=1S/C58H69ClF2N8O7/c1-34-48-46(31-43(60)51(59)50(48)49-41(53(62)72)16-17-45(52(49)61)75-29-28-70)76-58(34,38-8-6-5-7-9-38)22-23-63-39-13-10-36(11-14-39)55(73)68-25-18-35(19-26-68)32-67-24-20-42(57(2,3)33-67)37-12-15-40-44(30-37)66(4)65-54(40)69-27-21-47(71)64-56(69)74/h5-9,12,15-17,30-31,34-36,39,42,63,70H,10-11,13-14,18-29,32-33H2,1-4H3,(H2,62,72)(H,64,71,74)/t34-,36?,39?,42?,58-/m0/s1. The molecule has 4 aliphatic heterocycles. The van der Waals surface area contributed by atoms with Gasteiger partial charge in [0.15, 0.2) is 17.4 Å². The van der Waals surface area contributed by atoms with Crippen molar-refractivity contribution in [2.45, 2.75) is 102 Å². The van der Waals surface area contributed by atoms with Gasteiger partial charge in [0.2, 0.25) is 17.7 Å². The van der Waals surface area contributed by atoms with Crippen LogP contribution in [-0.4, -0.2) is 114 Å². The lowest BCUT2D eigenvalue weighted by Gasteiger charge is -2.46. The third-order valence-electron chi connectivity index (χ3n) is 17.2. The molecule has 5 heterocycles. The Balaban J connectivity index is 0.725. The summed E-state index contributed by atoms with van der Waals surface area (Å²) in [5.74, 6) is -1.89. The molecule has 4 aromatic carbocycles. The number of imide groups is 1. The Morgan fingerprint density at radius 2 is 1.71 bits per heavy atom. The van der Waals surface area contributed by atoms with Gasteiger partial charge in [0, 0.05) is 98.6 Å². The first kappa shape index (κ1) is 53.3. The smallest absolute Gasteiger partial charge is 0.329 e. The van der Waals surface area contributed by atoms with Crippen LogP contribution in [0.3, 0.4) is 0 Å². The lowest BCUT2D eigenvalue weighted by Crippen LogP contribution is -2.49. The van der Waals surface area contributed by atoms with Gasteiger partial charge in [-0.05, 0) is 111 Å². The number of anilines is 1. The predicted octanol–water partition coefficient (Wildman–Crippen LogP) is 8.77. The number of hydrogen-bond donors (Lipinski definition) is 4. The summed E-state index contributed by atoms with van der Waals surface area (Å²) in [6.07, 6.45) is 7.00. The number of carbonyl (C=O) groups is 4. The van der Waals surface area contributed by atoms with Gasteiger partial charge in [-0.2, -0.15) is 5.10 Å². The van der Waals surface area contributed by atoms with Crippen molar-refractivity contribution < 1.29 is 42.5 Å². The number of halogens is 3. The zero-order chi connectivity index (χ0) is 53.6. The molecular weight excluding hydrogens is 994 g/mol. The summed E-state index contributed by atoms with van der Waals surface area (Å²) < 4.78 is 46.5. The molecule has 0 bridgehead atoms. The van der Waals surface area contributed by atoms with Crippen LogP contribution < -0.4 is 30.7 Å². The summed E-state index contributed by atoms with van der Waals surface area (Å²) in [5, 5.41) is 20.7. The van der Waals surface area contributed by atoms with E-state index in [4.69, 9.17) is 31.9 Å². The molecule has 76 heavy (non-hydrogen) atoms. The molecule has 3 saturated heterocycles. The van der Waals surface area contributed by atoms with Crippen molar-refractivity contribution in [3.63, 3.8) is 0 Å². The molecule has 1 aromatic heterocycles. The number of fused-ring (bicyclic) bond motifs is 2. The summed E-state index contributed by atoms with van der Waals surface area (Å²) in [7, 11) is 1.90. The second kappa shape index (κ2) is 21.7. The Morgan fingerprint density at radius 1 is 0.961 bits per heavy atom. The van der Waals surface area contributed by atoms with Crippen LogP contribution in [0.4, 0.5) is 19.4 Å². The number of aliphatic hydroxyl groups is 1. The summed E-state index contributed by atoms with van der Waals surface area (Å²) in [4.78, 5) is 57.5. The highest BCUT2D eigenvalue weighted by molar-refractivity contribution is 6.34. The zero-order valence-electron chi connectivity index (χ0n) is 43.8. The first-order chi connectivity index (χ1) is 36.5. The van der Waals surface area contributed by atoms with Crippen LogP contribution in [0.2, 0.25) is 5.02 Å². The molecule has 0 spiro atoms. The van der Waals surface area contributed by atoms with Crippen LogP contribution in [0.25, 0.3) is 22.0 Å². The average Bonchev–Trinajstić information content (AvgIpc) is 3.93. The molecular formula is C58H69ClF2N8O7. The molecule has 5 aromatic rings. The van der Waals surface area contributed by atoms with Gasteiger partial charge < -0.3 is 35.4 Å². The Bertz CT molecular complexity index is 3030. The van der Waals surface area contributed by atoms with Crippen molar-refractivity contribution in [2.75, 3.05) is 63.9 Å². The minimum atomic E-state index is -1.04. The number of amides is 5. The molecule has 0 radical (unpaired) electrons. The predicted molar refractivity (Wildman–Crippen MR) is 287 cm³/mol. The first-order valence-corrected chi connectivity index (χ1v) is 27.3. The summed E-state index contributed by atoms with van der Waals surface area (Å²) in [5.41, 5.74) is 7.73. The van der Waals surface area contributed by atoms with Crippen molar-refractivity contribution in [1.29, 1.82) is 0 Å². The fraction of sp³-hybridized carbons (Fsp3) is 0.500. The highest BCUT2D eigenvalue weighted by Crippen LogP contribution is 2.58. The number of nitrogens with two attached hydrogens (primary N) is 1. The number of nitrogens with zero attached hydrogens (tertiary/aromatic N) is 5. The number of piperidine rings is 2. The second-order valence-corrected chi connectivity index (χ2v) is 22.7. The molecule has 1 aliphatic carbocycles. The van der Waals surface area contributed by atoms with E-state index < -0.39 is 35.1 Å². The third-order valence-corrected chi connectivity index (χ3v) is 17.6. The lowest BCUT2D eigenvalue weighted by atomic mass is 9.70. The van der Waals surface area contributed by atoms with E-state index in [1.54, 1.807) is 4.90 Å². The van der Waals surface area contributed by atoms with Crippen molar-refractivity contribution >= 4 is 52.1 Å². The fourth-order valence-electron chi connectivity index (χ4n) is 13.3. The number of aliphatic hydroxyl groups excluding tert-OH is 1. The van der Waals surface area contributed by atoms with E-state index in [1.165, 1.54) is 23.8 Å². The number of ether oxygens (including phenoxy) is 2. The molecule has 10 rings (SSSR count). The topological polar surface area (TPSA) is 185 Å². The summed E-state index contributed by atoms with van der Waals surface area (Å²) in [6, 6.07) is 19.6. The van der Waals surface area contributed by atoms with Gasteiger partial charge in [-0.25, -0.2) is 13.6 Å². The van der Waals surface area contributed by atoms with Gasteiger partial charge in [-0.1, -0.05) is 68.8 Å². The van der Waals surface area contributed by atoms with Crippen molar-refractivity contribution in [1.82, 2.24) is 30.2 Å². The molecule has 404 valence electrons. The first-order valence-electron chi connectivity index (χ1n) is 26.9. The van der Waals surface area contributed by atoms with E-state index in [-0.39, 0.29) is 82.0 Å². The van der Waals surface area contributed by atoms with Gasteiger partial charge in [0.1, 0.15) is 23.8 Å². The Kier molecular flexibility index (Phi) is 15.2. The monoisotopic (exact) mass is 1060 g/mol. The number of nitrogens with one attached hydrogen (secondary N) is 2. The van der Waals surface area contributed by atoms with Gasteiger partial charge in [0.25, 0.3) is 0 Å². The van der Waals surface area contributed by atoms with Crippen LogP contribution in [0.15, 0.2) is 66.7 Å². The summed E-state index contributed by atoms with van der Waals surface area (Å²) >= 11 is 6.73. The number of hydrogen-bond acceptors (Lipinski definition) is 10. The Hall–Kier alpha value is -6.14. The maximum atomic E-state index is 16.5. The quantitative estimate of drug-likeness (QED) is 0.0791. The number of likely N-dealkylation sites (tertiary alicyclic amines) is 2. The maximum absolute atomic E-state index is 16.5. The normalized spacial score (nSPS) is 24.1. The zero-order valence-corrected chi connectivity index (χ0v) is 44.6. The fourth-order valence-corrected chi connectivity index (χ4v) is 13.5. The van der Waals surface area contributed by atoms with Crippen molar-refractivity contribution in [3.05, 3.63) is 106 Å². The van der Waals surface area contributed by atoms with E-state index in [2.05, 4.69) is 52.5 Å². The highest BCUT2D eigenvalue weighted by Gasteiger charge is 2.50. The van der Waals surface area contributed by atoms with Crippen LogP contribution in [0.5, 0.6) is 11.5 Å². The average molecular weight is 1060 g/mol. The van der Waals surface area contributed by atoms with Gasteiger partial charge in [-0.3, -0.25) is 29.3 Å². The van der Waals surface area contributed by atoms with Crippen LogP contribution in [0.1, 0.15) is 117 Å². The Morgan fingerprint density at radius 3 is 2.41 bits per heavy atom. The molecule has 3 atom stereocenters. The van der Waals surface area contributed by atoms with E-state index in [9.17, 15) is 24.3 Å². The number of rotatable bonds is 15. The number of urea groups is 1. The van der Waals surface area contributed by atoms with Gasteiger partial charge in [-0.15, -0.1) is 0 Å². The minimum absolute atomic E-state index is 0.0128. The van der Waals surface area contributed by atoms with Crippen LogP contribution in [-0.2, 0) is 22.2 Å².